The maximum Gasteiger partial charge on any atom is 0.160 e. The first kappa shape index (κ1) is 38.8. The molecule has 67 heavy (non-hydrogen) atoms. The molecule has 0 unspecified atom stereocenters. The first-order valence-corrected chi connectivity index (χ1v) is 23.0. The van der Waals surface area contributed by atoms with E-state index in [1.807, 2.05) is 12.1 Å². The molecule has 13 rings (SSSR count). The van der Waals surface area contributed by atoms with Crippen LogP contribution in [0.1, 0.15) is 25.0 Å². The third-order valence-corrected chi connectivity index (χ3v) is 13.9. The van der Waals surface area contributed by atoms with Crippen molar-refractivity contribution in [2.45, 2.75) is 19.3 Å². The van der Waals surface area contributed by atoms with E-state index in [0.717, 1.165) is 99.8 Å². The lowest BCUT2D eigenvalue weighted by molar-refractivity contribution is 0.660. The summed E-state index contributed by atoms with van der Waals surface area (Å²) >= 11 is 0. The Kier molecular flexibility index (Phi) is 8.84. The van der Waals surface area contributed by atoms with Gasteiger partial charge < -0.3 is 9.32 Å². The van der Waals surface area contributed by atoms with Gasteiger partial charge in [0.25, 0.3) is 0 Å². The van der Waals surface area contributed by atoms with E-state index < -0.39 is 0 Å². The third-order valence-electron chi connectivity index (χ3n) is 13.9. The molecule has 0 bridgehead atoms. The molecule has 0 spiro atoms. The van der Waals surface area contributed by atoms with Crippen molar-refractivity contribution in [2.24, 2.45) is 0 Å². The number of aromatic nitrogens is 2. The molecule has 4 heteroatoms. The Bertz CT molecular complexity index is 3910. The van der Waals surface area contributed by atoms with Crippen molar-refractivity contribution in [1.82, 2.24) is 9.97 Å². The Morgan fingerprint density at radius 2 is 1.06 bits per heavy atom. The monoisotopic (exact) mass is 857 g/mol. The maximum atomic E-state index is 6.85. The molecule has 0 atom stereocenters. The van der Waals surface area contributed by atoms with E-state index in [4.69, 9.17) is 14.4 Å². The highest BCUT2D eigenvalue weighted by molar-refractivity contribution is 6.13. The Morgan fingerprint density at radius 1 is 0.418 bits per heavy atom. The van der Waals surface area contributed by atoms with E-state index >= 15 is 0 Å². The summed E-state index contributed by atoms with van der Waals surface area (Å²) in [4.78, 5) is 13.1. The van der Waals surface area contributed by atoms with E-state index in [0.29, 0.717) is 5.82 Å². The molecule has 316 valence electrons. The Labute approximate surface area is 389 Å². The average molecular weight is 858 g/mol. The molecule has 2 aromatic heterocycles. The molecular weight excluding hydrogens is 815 g/mol. The molecule has 0 fully saturated rings. The van der Waals surface area contributed by atoms with Crippen LogP contribution in [0.3, 0.4) is 0 Å². The molecule has 0 aliphatic heterocycles. The predicted molar refractivity (Wildman–Crippen MR) is 278 cm³/mol. The van der Waals surface area contributed by atoms with Gasteiger partial charge in [-0.05, 0) is 98.9 Å². The van der Waals surface area contributed by atoms with Crippen molar-refractivity contribution < 1.29 is 4.42 Å². The summed E-state index contributed by atoms with van der Waals surface area (Å²) in [7, 11) is 0. The average Bonchev–Trinajstić information content (AvgIpc) is 3.88. The second kappa shape index (κ2) is 15.3. The van der Waals surface area contributed by atoms with Crippen LogP contribution in [0, 0.1) is 0 Å². The lowest BCUT2D eigenvalue weighted by Gasteiger charge is -2.30. The van der Waals surface area contributed by atoms with E-state index in [-0.39, 0.29) is 5.41 Å². The zero-order chi connectivity index (χ0) is 44.6. The number of nitrogens with zero attached hydrogens (tertiary/aromatic N) is 3. The smallest absolute Gasteiger partial charge is 0.160 e. The minimum atomic E-state index is -0.182. The second-order valence-electron chi connectivity index (χ2n) is 18.1. The minimum absolute atomic E-state index is 0.182. The van der Waals surface area contributed by atoms with Gasteiger partial charge in [0.05, 0.1) is 16.9 Å². The summed E-state index contributed by atoms with van der Waals surface area (Å²) in [6, 6.07) is 80.2. The molecular formula is C63H43N3O. The zero-order valence-corrected chi connectivity index (χ0v) is 37.1. The van der Waals surface area contributed by atoms with Crippen LogP contribution in [0.15, 0.2) is 229 Å². The van der Waals surface area contributed by atoms with Crippen LogP contribution < -0.4 is 4.90 Å². The number of fused-ring (bicyclic) bond motifs is 9. The van der Waals surface area contributed by atoms with Gasteiger partial charge in [-0.1, -0.05) is 184 Å². The van der Waals surface area contributed by atoms with Gasteiger partial charge in [-0.25, -0.2) is 9.97 Å². The van der Waals surface area contributed by atoms with Gasteiger partial charge in [0, 0.05) is 55.0 Å². The maximum absolute atomic E-state index is 6.85. The highest BCUT2D eigenvalue weighted by atomic mass is 16.3. The predicted octanol–water partition coefficient (Wildman–Crippen LogP) is 17.1. The number of hydrogen-bond donors (Lipinski definition) is 0. The van der Waals surface area contributed by atoms with Gasteiger partial charge in [-0.2, -0.15) is 0 Å². The fourth-order valence-electron chi connectivity index (χ4n) is 10.6. The second-order valence-corrected chi connectivity index (χ2v) is 18.1. The first-order valence-electron chi connectivity index (χ1n) is 23.0. The van der Waals surface area contributed by atoms with Gasteiger partial charge in [0.2, 0.25) is 0 Å². The summed E-state index contributed by atoms with van der Waals surface area (Å²) in [6.45, 7) is 4.69. The summed E-state index contributed by atoms with van der Waals surface area (Å²) in [5, 5.41) is 5.49. The molecule has 12 aromatic rings. The summed E-state index contributed by atoms with van der Waals surface area (Å²) < 4.78 is 6.85. The molecule has 0 amide bonds. The largest absolute Gasteiger partial charge is 0.455 e. The Balaban J connectivity index is 1.01. The van der Waals surface area contributed by atoms with Gasteiger partial charge >= 0.3 is 0 Å². The summed E-state index contributed by atoms with van der Waals surface area (Å²) in [6.07, 6.45) is 0. The quantitative estimate of drug-likeness (QED) is 0.150. The number of furan rings is 1. The van der Waals surface area contributed by atoms with Crippen LogP contribution in [-0.2, 0) is 5.41 Å². The van der Waals surface area contributed by atoms with Crippen LogP contribution in [0.5, 0.6) is 0 Å². The van der Waals surface area contributed by atoms with Crippen LogP contribution in [0.4, 0.5) is 17.1 Å². The van der Waals surface area contributed by atoms with Gasteiger partial charge in [-0.3, -0.25) is 0 Å². The molecule has 2 heterocycles. The van der Waals surface area contributed by atoms with Crippen LogP contribution in [0.2, 0.25) is 0 Å². The highest BCUT2D eigenvalue weighted by Gasteiger charge is 2.36. The van der Waals surface area contributed by atoms with E-state index in [9.17, 15) is 0 Å². The van der Waals surface area contributed by atoms with Crippen LogP contribution >= 0.6 is 0 Å². The van der Waals surface area contributed by atoms with Crippen LogP contribution in [0.25, 0.3) is 99.6 Å². The fraction of sp³-hybridized carbons (Fsp3) is 0.0476. The molecule has 0 saturated heterocycles. The van der Waals surface area contributed by atoms with Gasteiger partial charge in [-0.15, -0.1) is 0 Å². The van der Waals surface area contributed by atoms with Crippen molar-refractivity contribution in [3.05, 3.63) is 236 Å². The van der Waals surface area contributed by atoms with E-state index in [1.165, 1.54) is 22.3 Å². The van der Waals surface area contributed by atoms with Gasteiger partial charge in [0.15, 0.2) is 5.82 Å². The number of hydrogen-bond acceptors (Lipinski definition) is 4. The summed E-state index contributed by atoms with van der Waals surface area (Å²) in [5.41, 5.74) is 18.1. The molecule has 4 nitrogen and oxygen atoms in total. The van der Waals surface area contributed by atoms with Crippen molar-refractivity contribution in [3.8, 4) is 56.0 Å². The topological polar surface area (TPSA) is 42.2 Å². The number of rotatable bonds is 7. The number of para-hydroxylation sites is 1. The van der Waals surface area contributed by atoms with Crippen molar-refractivity contribution in [1.29, 1.82) is 0 Å². The summed E-state index contributed by atoms with van der Waals surface area (Å²) in [5.74, 6) is 0.690. The third kappa shape index (κ3) is 6.29. The Morgan fingerprint density at radius 3 is 1.91 bits per heavy atom. The molecule has 0 N–H and O–H groups in total. The SMILES string of the molecule is CC1(C)c2ccccc2-c2ccc(N(c3cccc(-c4cccc(-c5nc(-c6ccccc6)c6ccc7ccccc7c6n5)c4)c3)c3ccc4c(oc5ccccc54)c3-c3ccccc3)cc21. The number of anilines is 3. The van der Waals surface area contributed by atoms with Crippen molar-refractivity contribution in [2.75, 3.05) is 4.90 Å². The Hall–Kier alpha value is -8.60. The zero-order valence-electron chi connectivity index (χ0n) is 37.1. The van der Waals surface area contributed by atoms with Crippen molar-refractivity contribution in [3.63, 3.8) is 0 Å². The van der Waals surface area contributed by atoms with Gasteiger partial charge in [0.1, 0.15) is 11.2 Å². The van der Waals surface area contributed by atoms with Crippen molar-refractivity contribution >= 4 is 60.7 Å². The normalized spacial score (nSPS) is 12.7. The number of benzene rings is 10. The molecule has 0 saturated carbocycles. The minimum Gasteiger partial charge on any atom is -0.455 e. The molecule has 0 radical (unpaired) electrons. The lowest BCUT2D eigenvalue weighted by atomic mass is 9.82. The first-order chi connectivity index (χ1) is 33.0. The van der Waals surface area contributed by atoms with E-state index in [1.54, 1.807) is 0 Å². The highest BCUT2D eigenvalue weighted by Crippen LogP contribution is 2.52. The standard InChI is InChI=1S/C63H43N3O/c1-63(2)54-29-13-11-27-49(54)50-34-32-47(39-55(50)63)66(56-36-35-52-51-28-12-14-30-57(51)67-61(52)58(56)41-18-5-3-6-19-41)46-25-16-23-44(38-46)43-22-15-24-45(37-43)62-64-59(42-20-7-4-8-21-42)53-33-31-40-17-9-10-26-48(40)60(53)65-62/h3-39H,1-2H3. The lowest BCUT2D eigenvalue weighted by Crippen LogP contribution is -2.17. The fourth-order valence-corrected chi connectivity index (χ4v) is 10.6. The van der Waals surface area contributed by atoms with Crippen LogP contribution in [-0.4, -0.2) is 9.97 Å². The molecule has 1 aliphatic carbocycles. The molecule has 1 aliphatic rings. The van der Waals surface area contributed by atoms with E-state index in [2.05, 4.69) is 231 Å². The molecule has 10 aromatic carbocycles.